The number of carbonyl (C=O) groups excluding carboxylic acids is 2. The van der Waals surface area contributed by atoms with Crippen molar-refractivity contribution in [2.75, 3.05) is 19.5 Å². The lowest BCUT2D eigenvalue weighted by Gasteiger charge is -2.15. The number of anilines is 1. The standard InChI is InChI=1S/C18H15ClF3NO5/c1-8(17(24)23-12-5-4-11(20)14(21)15(12)22)28-18(25)9-6-10(19)16(27-3)13(7-9)26-2/h4-8H,1-3H3,(H,23,24). The van der Waals surface area contributed by atoms with E-state index in [-0.39, 0.29) is 22.1 Å². The second kappa shape index (κ2) is 8.83. The van der Waals surface area contributed by atoms with E-state index in [9.17, 15) is 22.8 Å². The lowest BCUT2D eigenvalue weighted by Crippen LogP contribution is -2.30. The fourth-order valence-corrected chi connectivity index (χ4v) is 2.46. The molecule has 1 unspecified atom stereocenters. The Bertz CT molecular complexity index is 923. The molecule has 0 heterocycles. The molecule has 0 aliphatic heterocycles. The zero-order valence-corrected chi connectivity index (χ0v) is 15.7. The molecular formula is C18H15ClF3NO5. The average molecular weight is 418 g/mol. The minimum Gasteiger partial charge on any atom is -0.493 e. The first kappa shape index (κ1) is 21.4. The van der Waals surface area contributed by atoms with Gasteiger partial charge in [0.2, 0.25) is 0 Å². The number of amides is 1. The maximum atomic E-state index is 13.6. The summed E-state index contributed by atoms with van der Waals surface area (Å²) >= 11 is 6.01. The summed E-state index contributed by atoms with van der Waals surface area (Å²) in [5, 5.41) is 2.10. The first-order valence-corrected chi connectivity index (χ1v) is 8.14. The highest BCUT2D eigenvalue weighted by atomic mass is 35.5. The molecule has 10 heteroatoms. The maximum Gasteiger partial charge on any atom is 0.339 e. The molecule has 28 heavy (non-hydrogen) atoms. The van der Waals surface area contributed by atoms with Crippen molar-refractivity contribution in [2.45, 2.75) is 13.0 Å². The number of hydrogen-bond acceptors (Lipinski definition) is 5. The molecular weight excluding hydrogens is 403 g/mol. The van der Waals surface area contributed by atoms with E-state index < -0.39 is 41.1 Å². The van der Waals surface area contributed by atoms with Crippen LogP contribution >= 0.6 is 11.6 Å². The lowest BCUT2D eigenvalue weighted by atomic mass is 10.2. The first-order chi connectivity index (χ1) is 13.2. The van der Waals surface area contributed by atoms with Gasteiger partial charge in [-0.1, -0.05) is 11.6 Å². The SMILES string of the molecule is COc1cc(C(=O)OC(C)C(=O)Nc2ccc(F)c(F)c2F)cc(Cl)c1OC. The molecule has 2 rings (SSSR count). The van der Waals surface area contributed by atoms with Gasteiger partial charge in [-0.25, -0.2) is 18.0 Å². The van der Waals surface area contributed by atoms with Gasteiger partial charge < -0.3 is 19.5 Å². The Labute approximate surface area is 163 Å². The number of esters is 1. The normalized spacial score (nSPS) is 11.5. The molecule has 0 saturated carbocycles. The summed E-state index contributed by atoms with van der Waals surface area (Å²) in [7, 11) is 2.71. The minimum atomic E-state index is -1.73. The van der Waals surface area contributed by atoms with Crippen molar-refractivity contribution >= 4 is 29.2 Å². The molecule has 0 aromatic heterocycles. The van der Waals surface area contributed by atoms with Crippen LogP contribution in [0, 0.1) is 17.5 Å². The second-order valence-corrected chi connectivity index (χ2v) is 5.86. The summed E-state index contributed by atoms with van der Waals surface area (Å²) in [4.78, 5) is 24.3. The van der Waals surface area contributed by atoms with Crippen LogP contribution in [0.15, 0.2) is 24.3 Å². The predicted octanol–water partition coefficient (Wildman–Crippen LogP) is 3.96. The van der Waals surface area contributed by atoms with Crippen LogP contribution in [0.25, 0.3) is 0 Å². The largest absolute Gasteiger partial charge is 0.493 e. The summed E-state index contributed by atoms with van der Waals surface area (Å²) in [6.45, 7) is 1.22. The van der Waals surface area contributed by atoms with Crippen LogP contribution in [0.4, 0.5) is 18.9 Å². The molecule has 2 aromatic rings. The third kappa shape index (κ3) is 4.48. The van der Waals surface area contributed by atoms with Gasteiger partial charge in [0.25, 0.3) is 5.91 Å². The quantitative estimate of drug-likeness (QED) is 0.569. The van der Waals surface area contributed by atoms with Gasteiger partial charge in [0.05, 0.1) is 30.5 Å². The summed E-state index contributed by atoms with van der Waals surface area (Å²) < 4.78 is 54.9. The summed E-state index contributed by atoms with van der Waals surface area (Å²) in [5.74, 6) is -6.20. The zero-order valence-electron chi connectivity index (χ0n) is 14.9. The maximum absolute atomic E-state index is 13.6. The van der Waals surface area contributed by atoms with Gasteiger partial charge in [-0.3, -0.25) is 4.79 Å². The van der Waals surface area contributed by atoms with Gasteiger partial charge in [0.1, 0.15) is 0 Å². The molecule has 2 aromatic carbocycles. The average Bonchev–Trinajstić information content (AvgIpc) is 2.67. The van der Waals surface area contributed by atoms with Crippen LogP contribution in [0.1, 0.15) is 17.3 Å². The molecule has 0 radical (unpaired) electrons. The van der Waals surface area contributed by atoms with Crippen LogP contribution in [-0.2, 0) is 9.53 Å². The number of hydrogen-bond donors (Lipinski definition) is 1. The highest BCUT2D eigenvalue weighted by Crippen LogP contribution is 2.36. The Morgan fingerprint density at radius 2 is 1.75 bits per heavy atom. The predicted molar refractivity (Wildman–Crippen MR) is 94.4 cm³/mol. The minimum absolute atomic E-state index is 0.0266. The summed E-state index contributed by atoms with van der Waals surface area (Å²) in [6.07, 6.45) is -1.38. The van der Waals surface area contributed by atoms with Gasteiger partial charge in [-0.15, -0.1) is 0 Å². The molecule has 1 amide bonds. The number of nitrogens with one attached hydrogen (secondary N) is 1. The lowest BCUT2D eigenvalue weighted by molar-refractivity contribution is -0.123. The van der Waals surface area contributed by atoms with E-state index in [0.29, 0.717) is 6.07 Å². The molecule has 0 fully saturated rings. The van der Waals surface area contributed by atoms with Crippen LogP contribution < -0.4 is 14.8 Å². The van der Waals surface area contributed by atoms with E-state index in [1.54, 1.807) is 0 Å². The van der Waals surface area contributed by atoms with Crippen molar-refractivity contribution in [1.29, 1.82) is 0 Å². The van der Waals surface area contributed by atoms with Crippen LogP contribution in [0.2, 0.25) is 5.02 Å². The van der Waals surface area contributed by atoms with Crippen LogP contribution in [-0.4, -0.2) is 32.2 Å². The number of methoxy groups -OCH3 is 2. The Balaban J connectivity index is 2.13. The number of rotatable bonds is 6. The topological polar surface area (TPSA) is 73.9 Å². The van der Waals surface area contributed by atoms with E-state index in [2.05, 4.69) is 0 Å². The zero-order chi connectivity index (χ0) is 21.0. The van der Waals surface area contributed by atoms with Crippen LogP contribution in [0.5, 0.6) is 11.5 Å². The molecule has 0 bridgehead atoms. The molecule has 1 atom stereocenters. The van der Waals surface area contributed by atoms with Crippen molar-refractivity contribution in [2.24, 2.45) is 0 Å². The fraction of sp³-hybridized carbons (Fsp3) is 0.222. The number of halogens is 4. The Morgan fingerprint density at radius 1 is 1.07 bits per heavy atom. The highest BCUT2D eigenvalue weighted by Gasteiger charge is 2.23. The number of ether oxygens (including phenoxy) is 3. The third-order valence-electron chi connectivity index (χ3n) is 3.62. The highest BCUT2D eigenvalue weighted by molar-refractivity contribution is 6.32. The third-order valence-corrected chi connectivity index (χ3v) is 3.90. The summed E-state index contributed by atoms with van der Waals surface area (Å²) in [5.41, 5.74) is -0.623. The van der Waals surface area contributed by atoms with E-state index in [1.165, 1.54) is 33.3 Å². The fourth-order valence-electron chi connectivity index (χ4n) is 2.17. The molecule has 150 valence electrons. The second-order valence-electron chi connectivity index (χ2n) is 5.45. The number of benzene rings is 2. The van der Waals surface area contributed by atoms with Gasteiger partial charge in [0.15, 0.2) is 35.1 Å². The van der Waals surface area contributed by atoms with Crippen molar-refractivity contribution in [3.05, 3.63) is 52.3 Å². The van der Waals surface area contributed by atoms with Gasteiger partial charge in [-0.2, -0.15) is 0 Å². The first-order valence-electron chi connectivity index (χ1n) is 7.76. The van der Waals surface area contributed by atoms with E-state index in [1.807, 2.05) is 5.32 Å². The smallest absolute Gasteiger partial charge is 0.339 e. The van der Waals surface area contributed by atoms with Crippen molar-refractivity contribution in [3.8, 4) is 11.5 Å². The van der Waals surface area contributed by atoms with E-state index >= 15 is 0 Å². The molecule has 0 aliphatic carbocycles. The van der Waals surface area contributed by atoms with Gasteiger partial charge >= 0.3 is 5.97 Å². The molecule has 6 nitrogen and oxygen atoms in total. The molecule has 0 aliphatic rings. The van der Waals surface area contributed by atoms with E-state index in [0.717, 1.165) is 6.07 Å². The monoisotopic (exact) mass is 417 g/mol. The Kier molecular flexibility index (Phi) is 6.74. The van der Waals surface area contributed by atoms with Crippen molar-refractivity contribution in [3.63, 3.8) is 0 Å². The van der Waals surface area contributed by atoms with Gasteiger partial charge in [0, 0.05) is 0 Å². The van der Waals surface area contributed by atoms with E-state index in [4.69, 9.17) is 25.8 Å². The molecule has 1 N–H and O–H groups in total. The van der Waals surface area contributed by atoms with Gasteiger partial charge in [-0.05, 0) is 31.2 Å². The van der Waals surface area contributed by atoms with Crippen molar-refractivity contribution in [1.82, 2.24) is 0 Å². The Morgan fingerprint density at radius 3 is 2.36 bits per heavy atom. The molecule has 0 spiro atoms. The van der Waals surface area contributed by atoms with Crippen LogP contribution in [0.3, 0.4) is 0 Å². The molecule has 0 saturated heterocycles. The number of carbonyl (C=O) groups is 2. The summed E-state index contributed by atoms with van der Waals surface area (Å²) in [6, 6.07) is 4.04. The Hall–Kier alpha value is -2.94. The van der Waals surface area contributed by atoms with Crippen molar-refractivity contribution < 1.29 is 37.0 Å².